The van der Waals surface area contributed by atoms with E-state index >= 15 is 0 Å². The molecule has 2 aliphatic rings. The van der Waals surface area contributed by atoms with E-state index in [-0.39, 0.29) is 11.6 Å². The quantitative estimate of drug-likeness (QED) is 0.780. The molecule has 3 heteroatoms. The van der Waals surface area contributed by atoms with Gasteiger partial charge in [-0.15, -0.1) is 0 Å². The number of fused-ring (bicyclic) bond motifs is 1. The number of rotatable bonds is 0. The molecule has 2 N–H and O–H groups in total. The first-order valence-electron chi connectivity index (χ1n) is 6.82. The summed E-state index contributed by atoms with van der Waals surface area (Å²) in [7, 11) is 0. The van der Waals surface area contributed by atoms with E-state index in [1.807, 2.05) is 6.07 Å². The molecule has 0 radical (unpaired) electrons. The normalized spacial score (nSPS) is 35.1. The maximum Gasteiger partial charge on any atom is 0.124 e. The number of ether oxygens (including phenoxy) is 1. The van der Waals surface area contributed by atoms with Crippen molar-refractivity contribution in [1.29, 1.82) is 0 Å². The van der Waals surface area contributed by atoms with Gasteiger partial charge in [0.05, 0.1) is 0 Å². The van der Waals surface area contributed by atoms with Gasteiger partial charge in [-0.3, -0.25) is 0 Å². The Morgan fingerprint density at radius 2 is 2.22 bits per heavy atom. The molecule has 0 amide bonds. The molecule has 0 aromatic heterocycles. The standard InChI is InChI=1S/C15H20BrNO/c1-10-3-2-6-15(8-10)9-13(17)12-7-11(16)4-5-14(12)18-15/h4-5,7,10,13H,2-3,6,8-9,17H2,1H3. The molecular weight excluding hydrogens is 290 g/mol. The van der Waals surface area contributed by atoms with Crippen molar-refractivity contribution >= 4 is 15.9 Å². The third kappa shape index (κ3) is 2.19. The number of hydrogen-bond donors (Lipinski definition) is 1. The van der Waals surface area contributed by atoms with E-state index in [0.29, 0.717) is 0 Å². The average Bonchev–Trinajstić information content (AvgIpc) is 2.30. The maximum atomic E-state index is 6.37. The molecule has 1 heterocycles. The van der Waals surface area contributed by atoms with Crippen molar-refractivity contribution in [2.45, 2.75) is 50.7 Å². The van der Waals surface area contributed by atoms with Crippen LogP contribution in [-0.2, 0) is 0 Å². The molecule has 1 aromatic carbocycles. The minimum absolute atomic E-state index is 0.00207. The Bertz CT molecular complexity index is 462. The van der Waals surface area contributed by atoms with Crippen molar-refractivity contribution in [2.24, 2.45) is 11.7 Å². The summed E-state index contributed by atoms with van der Waals surface area (Å²) >= 11 is 3.50. The largest absolute Gasteiger partial charge is 0.487 e. The van der Waals surface area contributed by atoms with Gasteiger partial charge >= 0.3 is 0 Å². The van der Waals surface area contributed by atoms with Crippen LogP contribution in [0.15, 0.2) is 22.7 Å². The highest BCUT2D eigenvalue weighted by molar-refractivity contribution is 9.10. The summed E-state index contributed by atoms with van der Waals surface area (Å²) in [5.74, 6) is 1.74. The summed E-state index contributed by atoms with van der Waals surface area (Å²) in [6.45, 7) is 2.33. The molecule has 0 saturated heterocycles. The predicted octanol–water partition coefficient (Wildman–Crippen LogP) is 4.18. The molecule has 1 aliphatic heterocycles. The van der Waals surface area contributed by atoms with Crippen molar-refractivity contribution in [1.82, 2.24) is 0 Å². The Labute approximate surface area is 117 Å². The lowest BCUT2D eigenvalue weighted by atomic mass is 9.73. The van der Waals surface area contributed by atoms with Crippen molar-refractivity contribution < 1.29 is 4.74 Å². The fourth-order valence-electron chi connectivity index (χ4n) is 3.58. The maximum absolute atomic E-state index is 6.37. The first kappa shape index (κ1) is 12.5. The molecule has 1 fully saturated rings. The lowest BCUT2D eigenvalue weighted by molar-refractivity contribution is -0.0139. The molecule has 3 unspecified atom stereocenters. The van der Waals surface area contributed by atoms with Crippen LogP contribution >= 0.6 is 15.9 Å². The zero-order valence-corrected chi connectivity index (χ0v) is 12.4. The zero-order valence-electron chi connectivity index (χ0n) is 10.8. The third-order valence-corrected chi connectivity index (χ3v) is 4.83. The lowest BCUT2D eigenvalue weighted by Gasteiger charge is -2.45. The summed E-state index contributed by atoms with van der Waals surface area (Å²) in [6, 6.07) is 6.30. The first-order valence-corrected chi connectivity index (χ1v) is 7.61. The van der Waals surface area contributed by atoms with E-state index in [0.717, 1.165) is 41.0 Å². The minimum Gasteiger partial charge on any atom is -0.487 e. The van der Waals surface area contributed by atoms with E-state index in [9.17, 15) is 0 Å². The Kier molecular flexibility index (Phi) is 3.15. The molecule has 18 heavy (non-hydrogen) atoms. The van der Waals surface area contributed by atoms with Gasteiger partial charge in [0, 0.05) is 22.5 Å². The van der Waals surface area contributed by atoms with Crippen LogP contribution < -0.4 is 10.5 Å². The lowest BCUT2D eigenvalue weighted by Crippen LogP contribution is -2.46. The molecule has 3 rings (SSSR count). The highest BCUT2D eigenvalue weighted by Crippen LogP contribution is 2.47. The van der Waals surface area contributed by atoms with E-state index < -0.39 is 0 Å². The fraction of sp³-hybridized carbons (Fsp3) is 0.600. The average molecular weight is 310 g/mol. The molecular formula is C15H20BrNO. The first-order chi connectivity index (χ1) is 8.58. The van der Waals surface area contributed by atoms with Gasteiger partial charge in [-0.2, -0.15) is 0 Å². The van der Waals surface area contributed by atoms with Crippen LogP contribution in [0, 0.1) is 5.92 Å². The highest BCUT2D eigenvalue weighted by Gasteiger charge is 2.42. The number of benzene rings is 1. The Morgan fingerprint density at radius 3 is 3.00 bits per heavy atom. The van der Waals surface area contributed by atoms with Crippen LogP contribution in [0.5, 0.6) is 5.75 Å². The second-order valence-electron chi connectivity index (χ2n) is 5.98. The van der Waals surface area contributed by atoms with Crippen LogP contribution in [0.25, 0.3) is 0 Å². The Hall–Kier alpha value is -0.540. The summed E-state index contributed by atoms with van der Waals surface area (Å²) < 4.78 is 7.43. The van der Waals surface area contributed by atoms with Gasteiger partial charge in [0.15, 0.2) is 0 Å². The highest BCUT2D eigenvalue weighted by atomic mass is 79.9. The topological polar surface area (TPSA) is 35.2 Å². The van der Waals surface area contributed by atoms with Gasteiger partial charge < -0.3 is 10.5 Å². The fourth-order valence-corrected chi connectivity index (χ4v) is 3.96. The van der Waals surface area contributed by atoms with Crippen LogP contribution in [0.4, 0.5) is 0 Å². The van der Waals surface area contributed by atoms with Crippen LogP contribution in [-0.4, -0.2) is 5.60 Å². The van der Waals surface area contributed by atoms with Gasteiger partial charge in [-0.25, -0.2) is 0 Å². The van der Waals surface area contributed by atoms with Crippen molar-refractivity contribution in [3.05, 3.63) is 28.2 Å². The molecule has 1 aromatic rings. The second kappa shape index (κ2) is 4.53. The van der Waals surface area contributed by atoms with Gasteiger partial charge in [-0.1, -0.05) is 29.3 Å². The van der Waals surface area contributed by atoms with Crippen LogP contribution in [0.1, 0.15) is 50.6 Å². The van der Waals surface area contributed by atoms with Crippen LogP contribution in [0.2, 0.25) is 0 Å². The minimum atomic E-state index is -0.00207. The number of hydrogen-bond acceptors (Lipinski definition) is 2. The van der Waals surface area contributed by atoms with Gasteiger partial charge in [0.1, 0.15) is 11.4 Å². The molecule has 98 valence electrons. The van der Waals surface area contributed by atoms with Gasteiger partial charge in [-0.05, 0) is 43.4 Å². The van der Waals surface area contributed by atoms with E-state index in [4.69, 9.17) is 10.5 Å². The summed E-state index contributed by atoms with van der Waals surface area (Å²) in [4.78, 5) is 0. The second-order valence-corrected chi connectivity index (χ2v) is 6.90. The molecule has 1 spiro atoms. The number of halogens is 1. The van der Waals surface area contributed by atoms with Crippen molar-refractivity contribution in [3.63, 3.8) is 0 Å². The number of nitrogens with two attached hydrogens (primary N) is 1. The summed E-state index contributed by atoms with van der Waals surface area (Å²) in [5, 5.41) is 0. The van der Waals surface area contributed by atoms with Crippen LogP contribution in [0.3, 0.4) is 0 Å². The van der Waals surface area contributed by atoms with Crippen molar-refractivity contribution in [2.75, 3.05) is 0 Å². The monoisotopic (exact) mass is 309 g/mol. The van der Waals surface area contributed by atoms with Gasteiger partial charge in [0.25, 0.3) is 0 Å². The molecule has 1 saturated carbocycles. The van der Waals surface area contributed by atoms with E-state index in [2.05, 4.69) is 35.0 Å². The SMILES string of the molecule is CC1CCCC2(C1)CC(N)c1cc(Br)ccc1O2. The zero-order chi connectivity index (χ0) is 12.8. The van der Waals surface area contributed by atoms with E-state index in [1.54, 1.807) is 0 Å². The van der Waals surface area contributed by atoms with Gasteiger partial charge in [0.2, 0.25) is 0 Å². The summed E-state index contributed by atoms with van der Waals surface area (Å²) in [6.07, 6.45) is 5.85. The molecule has 0 bridgehead atoms. The molecule has 1 aliphatic carbocycles. The van der Waals surface area contributed by atoms with E-state index in [1.165, 1.54) is 12.8 Å². The molecule has 3 atom stereocenters. The Balaban J connectivity index is 1.93. The molecule has 2 nitrogen and oxygen atoms in total. The smallest absolute Gasteiger partial charge is 0.124 e. The van der Waals surface area contributed by atoms with Crippen molar-refractivity contribution in [3.8, 4) is 5.75 Å². The third-order valence-electron chi connectivity index (χ3n) is 4.34. The summed E-state index contributed by atoms with van der Waals surface area (Å²) in [5.41, 5.74) is 7.51. The predicted molar refractivity (Wildman–Crippen MR) is 76.7 cm³/mol. The Morgan fingerprint density at radius 1 is 1.39 bits per heavy atom.